The van der Waals surface area contributed by atoms with Crippen LogP contribution in [0.15, 0.2) is 119 Å². The summed E-state index contributed by atoms with van der Waals surface area (Å²) in [5.41, 5.74) is 8.64. The van der Waals surface area contributed by atoms with Crippen LogP contribution >= 0.6 is 15.9 Å². The number of hydrogen-bond donors (Lipinski definition) is 2. The SMILES string of the molecule is CCOc1cc(/C=N/NC(=O)c2ccc(-n3c(C)ccc3-c3ccccc3)cc2)c(Br)cc1OCC(=O)Nc1ccccc1. The van der Waals surface area contributed by atoms with E-state index in [1.165, 1.54) is 6.21 Å². The predicted molar refractivity (Wildman–Crippen MR) is 177 cm³/mol. The van der Waals surface area contributed by atoms with Gasteiger partial charge in [0.15, 0.2) is 18.1 Å². The van der Waals surface area contributed by atoms with Crippen LogP contribution in [0.4, 0.5) is 5.69 Å². The second-order valence-electron chi connectivity index (χ2n) is 9.76. The molecular formula is C35H31BrN4O4. The molecule has 0 fully saturated rings. The number of aromatic nitrogens is 1. The highest BCUT2D eigenvalue weighted by Gasteiger charge is 2.14. The normalized spacial score (nSPS) is 10.9. The number of nitrogens with one attached hydrogen (secondary N) is 2. The van der Waals surface area contributed by atoms with Gasteiger partial charge < -0.3 is 19.4 Å². The maximum atomic E-state index is 12.9. The smallest absolute Gasteiger partial charge is 0.271 e. The Bertz CT molecular complexity index is 1770. The quantitative estimate of drug-likeness (QED) is 0.115. The third kappa shape index (κ3) is 7.43. The molecule has 0 aliphatic carbocycles. The van der Waals surface area contributed by atoms with E-state index < -0.39 is 0 Å². The summed E-state index contributed by atoms with van der Waals surface area (Å²) in [6.45, 7) is 4.11. The van der Waals surface area contributed by atoms with E-state index in [0.29, 0.717) is 39.4 Å². The number of ether oxygens (including phenoxy) is 2. The van der Waals surface area contributed by atoms with Gasteiger partial charge in [-0.1, -0.05) is 48.5 Å². The maximum Gasteiger partial charge on any atom is 0.271 e. The highest BCUT2D eigenvalue weighted by atomic mass is 79.9. The van der Waals surface area contributed by atoms with Crippen molar-refractivity contribution in [1.82, 2.24) is 9.99 Å². The van der Waals surface area contributed by atoms with Crippen LogP contribution in [0.2, 0.25) is 0 Å². The van der Waals surface area contributed by atoms with Crippen LogP contribution in [0.1, 0.15) is 28.5 Å². The molecule has 5 rings (SSSR count). The van der Waals surface area contributed by atoms with E-state index in [1.54, 1.807) is 36.4 Å². The summed E-state index contributed by atoms with van der Waals surface area (Å²) in [5.74, 6) is 0.209. The van der Waals surface area contributed by atoms with Crippen molar-refractivity contribution in [3.05, 3.63) is 130 Å². The van der Waals surface area contributed by atoms with E-state index in [1.807, 2.05) is 55.5 Å². The minimum absolute atomic E-state index is 0.193. The van der Waals surface area contributed by atoms with Crippen molar-refractivity contribution in [2.75, 3.05) is 18.5 Å². The minimum Gasteiger partial charge on any atom is -0.490 e. The number of benzene rings is 4. The molecule has 8 nitrogen and oxygen atoms in total. The van der Waals surface area contributed by atoms with Crippen LogP contribution in [-0.2, 0) is 4.79 Å². The summed E-state index contributed by atoms with van der Waals surface area (Å²) in [7, 11) is 0. The molecule has 0 aliphatic heterocycles. The van der Waals surface area contributed by atoms with Gasteiger partial charge in [0.2, 0.25) is 0 Å². The molecule has 4 aromatic carbocycles. The maximum absolute atomic E-state index is 12.9. The third-order valence-electron chi connectivity index (χ3n) is 6.68. The summed E-state index contributed by atoms with van der Waals surface area (Å²) in [6, 6.07) is 34.3. The van der Waals surface area contributed by atoms with Gasteiger partial charge in [0, 0.05) is 32.7 Å². The molecule has 2 amide bonds. The Labute approximate surface area is 264 Å². The summed E-state index contributed by atoms with van der Waals surface area (Å²) < 4.78 is 14.3. The zero-order valence-corrected chi connectivity index (χ0v) is 25.9. The molecule has 0 spiro atoms. The number of halogens is 1. The number of anilines is 1. The first-order valence-corrected chi connectivity index (χ1v) is 14.8. The fourth-order valence-electron chi connectivity index (χ4n) is 4.60. The van der Waals surface area contributed by atoms with Crippen molar-refractivity contribution >= 4 is 39.6 Å². The van der Waals surface area contributed by atoms with Gasteiger partial charge in [0.05, 0.1) is 18.5 Å². The monoisotopic (exact) mass is 650 g/mol. The molecule has 0 bridgehead atoms. The molecule has 222 valence electrons. The highest BCUT2D eigenvalue weighted by molar-refractivity contribution is 9.10. The molecule has 0 radical (unpaired) electrons. The Kier molecular flexibility index (Phi) is 9.89. The lowest BCUT2D eigenvalue weighted by molar-refractivity contribution is -0.118. The van der Waals surface area contributed by atoms with Crippen molar-refractivity contribution in [3.8, 4) is 28.4 Å². The van der Waals surface area contributed by atoms with Crippen molar-refractivity contribution in [1.29, 1.82) is 0 Å². The molecule has 0 unspecified atom stereocenters. The largest absolute Gasteiger partial charge is 0.490 e. The number of carbonyl (C=O) groups excluding carboxylic acids is 2. The van der Waals surface area contributed by atoms with Crippen LogP contribution in [0.3, 0.4) is 0 Å². The average Bonchev–Trinajstić information content (AvgIpc) is 3.43. The lowest BCUT2D eigenvalue weighted by atomic mass is 10.1. The van der Waals surface area contributed by atoms with E-state index in [4.69, 9.17) is 9.47 Å². The van der Waals surface area contributed by atoms with Gasteiger partial charge in [-0.15, -0.1) is 0 Å². The topological polar surface area (TPSA) is 93.9 Å². The molecule has 5 aromatic rings. The van der Waals surface area contributed by atoms with Gasteiger partial charge in [0.25, 0.3) is 11.8 Å². The highest BCUT2D eigenvalue weighted by Crippen LogP contribution is 2.33. The molecule has 0 saturated carbocycles. The van der Waals surface area contributed by atoms with Crippen LogP contribution < -0.4 is 20.2 Å². The minimum atomic E-state index is -0.342. The van der Waals surface area contributed by atoms with Gasteiger partial charge in [-0.05, 0) is 96.0 Å². The standard InChI is InChI=1S/C35H31BrN4O4/c1-3-43-32-20-27(30(36)21-33(32)44-23-34(41)38-28-12-8-5-9-13-28)22-37-39-35(42)26-15-17-29(18-16-26)40-24(2)14-19-31(40)25-10-6-4-7-11-25/h4-22H,3,23H2,1-2H3,(H,38,41)(H,39,42)/b37-22+. The van der Waals surface area contributed by atoms with Crippen LogP contribution in [0, 0.1) is 6.92 Å². The number of hydrogen-bond acceptors (Lipinski definition) is 5. The molecule has 0 aliphatic rings. The molecule has 0 atom stereocenters. The van der Waals surface area contributed by atoms with E-state index in [9.17, 15) is 9.59 Å². The second kappa shape index (κ2) is 14.3. The molecule has 44 heavy (non-hydrogen) atoms. The van der Waals surface area contributed by atoms with Crippen molar-refractivity contribution < 1.29 is 19.1 Å². The van der Waals surface area contributed by atoms with Gasteiger partial charge in [-0.3, -0.25) is 9.59 Å². The van der Waals surface area contributed by atoms with E-state index in [-0.39, 0.29) is 18.4 Å². The first-order valence-electron chi connectivity index (χ1n) is 14.0. The number of para-hydroxylation sites is 1. The van der Waals surface area contributed by atoms with Crippen LogP contribution in [0.5, 0.6) is 11.5 Å². The molecular weight excluding hydrogens is 620 g/mol. The second-order valence-corrected chi connectivity index (χ2v) is 10.6. The van der Waals surface area contributed by atoms with E-state index >= 15 is 0 Å². The lowest BCUT2D eigenvalue weighted by Gasteiger charge is -2.14. The summed E-state index contributed by atoms with van der Waals surface area (Å²) in [4.78, 5) is 25.2. The number of carbonyl (C=O) groups is 2. The van der Waals surface area contributed by atoms with E-state index in [0.717, 1.165) is 22.6 Å². The number of amides is 2. The molecule has 9 heteroatoms. The first kappa shape index (κ1) is 30.3. The van der Waals surface area contributed by atoms with Crippen molar-refractivity contribution in [2.24, 2.45) is 5.10 Å². The summed E-state index contributed by atoms with van der Waals surface area (Å²) in [5, 5.41) is 6.93. The number of rotatable bonds is 11. The zero-order chi connectivity index (χ0) is 30.9. The predicted octanol–water partition coefficient (Wildman–Crippen LogP) is 7.40. The van der Waals surface area contributed by atoms with Crippen LogP contribution in [0.25, 0.3) is 16.9 Å². The molecule has 1 aromatic heterocycles. The average molecular weight is 652 g/mol. The number of aryl methyl sites for hydroxylation is 1. The van der Waals surface area contributed by atoms with Gasteiger partial charge >= 0.3 is 0 Å². The molecule has 1 heterocycles. The third-order valence-corrected chi connectivity index (χ3v) is 7.37. The lowest BCUT2D eigenvalue weighted by Crippen LogP contribution is -2.20. The fourth-order valence-corrected chi connectivity index (χ4v) is 5.02. The van der Waals surface area contributed by atoms with Gasteiger partial charge in [0.1, 0.15) is 0 Å². The van der Waals surface area contributed by atoms with Crippen LogP contribution in [-0.4, -0.2) is 35.8 Å². The fraction of sp³-hybridized carbons (Fsp3) is 0.114. The molecule has 0 saturated heterocycles. The Morgan fingerprint density at radius 3 is 2.25 bits per heavy atom. The first-order chi connectivity index (χ1) is 21.4. The zero-order valence-electron chi connectivity index (χ0n) is 24.3. The number of nitrogens with zero attached hydrogens (tertiary/aromatic N) is 2. The number of hydrazone groups is 1. The Morgan fingerprint density at radius 2 is 1.55 bits per heavy atom. The Balaban J connectivity index is 1.23. The Hall–Kier alpha value is -5.15. The summed E-state index contributed by atoms with van der Waals surface area (Å²) in [6.07, 6.45) is 1.51. The van der Waals surface area contributed by atoms with Gasteiger partial charge in [-0.2, -0.15) is 5.10 Å². The summed E-state index contributed by atoms with van der Waals surface area (Å²) >= 11 is 3.52. The van der Waals surface area contributed by atoms with Gasteiger partial charge in [-0.25, -0.2) is 5.43 Å². The van der Waals surface area contributed by atoms with Crippen molar-refractivity contribution in [3.63, 3.8) is 0 Å². The van der Waals surface area contributed by atoms with E-state index in [2.05, 4.69) is 67.5 Å². The molecule has 2 N–H and O–H groups in total. The van der Waals surface area contributed by atoms with Crippen molar-refractivity contribution in [2.45, 2.75) is 13.8 Å². The Morgan fingerprint density at radius 1 is 0.864 bits per heavy atom.